The molecule has 0 saturated heterocycles. The standard InChI is InChI=1S/C23H35N3O6S/c1-15-8-10-16(11-9-15)19(20(28)24-14-18(27)31-6)26(5)21(29)17(12-13-33-7)25-22(30)32-23(2,3)4/h8-11,17,19H,12-14H2,1-7H3,(H,24,28)(H,25,30). The van der Waals surface area contributed by atoms with Gasteiger partial charge < -0.3 is 25.0 Å². The minimum absolute atomic E-state index is 0.328. The molecule has 184 valence electrons. The van der Waals surface area contributed by atoms with Crippen molar-refractivity contribution >= 4 is 35.6 Å². The minimum Gasteiger partial charge on any atom is -0.468 e. The Hall–Kier alpha value is -2.75. The molecule has 0 aliphatic carbocycles. The maximum Gasteiger partial charge on any atom is 0.408 e. The molecule has 0 saturated carbocycles. The summed E-state index contributed by atoms with van der Waals surface area (Å²) in [6.45, 7) is 6.78. The highest BCUT2D eigenvalue weighted by Gasteiger charge is 2.34. The quantitative estimate of drug-likeness (QED) is 0.493. The smallest absolute Gasteiger partial charge is 0.408 e. The number of hydrogen-bond acceptors (Lipinski definition) is 7. The maximum atomic E-state index is 13.4. The van der Waals surface area contributed by atoms with Crippen LogP contribution in [0, 0.1) is 6.92 Å². The van der Waals surface area contributed by atoms with Crippen molar-refractivity contribution in [2.24, 2.45) is 0 Å². The van der Waals surface area contributed by atoms with Crippen LogP contribution in [-0.2, 0) is 23.9 Å². The Balaban J connectivity index is 3.18. The van der Waals surface area contributed by atoms with Crippen molar-refractivity contribution in [2.75, 3.05) is 32.7 Å². The number of benzene rings is 1. The van der Waals surface area contributed by atoms with Crippen LogP contribution in [0.15, 0.2) is 24.3 Å². The van der Waals surface area contributed by atoms with E-state index in [9.17, 15) is 19.2 Å². The molecule has 0 aliphatic rings. The fraction of sp³-hybridized carbons (Fsp3) is 0.565. The lowest BCUT2D eigenvalue weighted by Crippen LogP contribution is -2.52. The maximum absolute atomic E-state index is 13.4. The lowest BCUT2D eigenvalue weighted by Gasteiger charge is -2.31. The van der Waals surface area contributed by atoms with E-state index in [1.807, 2.05) is 25.3 Å². The van der Waals surface area contributed by atoms with Crippen LogP contribution >= 0.6 is 11.8 Å². The normalized spacial score (nSPS) is 12.8. The third-order valence-electron chi connectivity index (χ3n) is 4.61. The van der Waals surface area contributed by atoms with Crippen LogP contribution in [0.25, 0.3) is 0 Å². The molecule has 0 heterocycles. The van der Waals surface area contributed by atoms with Gasteiger partial charge in [0.15, 0.2) is 0 Å². The fourth-order valence-corrected chi connectivity index (χ4v) is 3.42. The average molecular weight is 482 g/mol. The molecule has 0 spiro atoms. The zero-order chi connectivity index (χ0) is 25.2. The Labute approximate surface area is 199 Å². The molecule has 1 aromatic carbocycles. The third kappa shape index (κ3) is 9.73. The molecule has 1 aromatic rings. The third-order valence-corrected chi connectivity index (χ3v) is 5.25. The molecule has 33 heavy (non-hydrogen) atoms. The van der Waals surface area contributed by atoms with Gasteiger partial charge in [-0.1, -0.05) is 29.8 Å². The molecule has 0 aromatic heterocycles. The monoisotopic (exact) mass is 481 g/mol. The molecule has 2 N–H and O–H groups in total. The van der Waals surface area contributed by atoms with Gasteiger partial charge in [-0.15, -0.1) is 0 Å². The van der Waals surface area contributed by atoms with E-state index in [1.165, 1.54) is 30.8 Å². The summed E-state index contributed by atoms with van der Waals surface area (Å²) < 4.78 is 9.88. The van der Waals surface area contributed by atoms with Gasteiger partial charge in [-0.05, 0) is 51.7 Å². The number of methoxy groups -OCH3 is 1. The number of ether oxygens (including phenoxy) is 2. The molecule has 2 unspecified atom stereocenters. The Kier molecular flexibility index (Phi) is 11.2. The molecule has 2 atom stereocenters. The number of carbonyl (C=O) groups excluding carboxylic acids is 4. The van der Waals surface area contributed by atoms with E-state index in [2.05, 4.69) is 15.4 Å². The van der Waals surface area contributed by atoms with Gasteiger partial charge in [0.2, 0.25) is 11.8 Å². The first-order valence-electron chi connectivity index (χ1n) is 10.6. The largest absolute Gasteiger partial charge is 0.468 e. The van der Waals surface area contributed by atoms with Crippen molar-refractivity contribution in [3.8, 4) is 0 Å². The number of thioether (sulfide) groups is 1. The topological polar surface area (TPSA) is 114 Å². The van der Waals surface area contributed by atoms with Gasteiger partial charge in [0.25, 0.3) is 0 Å². The summed E-state index contributed by atoms with van der Waals surface area (Å²) in [6, 6.07) is 5.26. The zero-order valence-corrected chi connectivity index (χ0v) is 21.2. The molecule has 0 radical (unpaired) electrons. The zero-order valence-electron chi connectivity index (χ0n) is 20.4. The molecule has 3 amide bonds. The summed E-state index contributed by atoms with van der Waals surface area (Å²) in [7, 11) is 2.72. The van der Waals surface area contributed by atoms with E-state index < -0.39 is 41.6 Å². The first kappa shape index (κ1) is 28.3. The Morgan fingerprint density at radius 3 is 2.24 bits per heavy atom. The average Bonchev–Trinajstić information content (AvgIpc) is 2.74. The van der Waals surface area contributed by atoms with E-state index in [0.29, 0.717) is 17.7 Å². The van der Waals surface area contributed by atoms with Gasteiger partial charge in [0, 0.05) is 7.05 Å². The van der Waals surface area contributed by atoms with Gasteiger partial charge in [0.1, 0.15) is 24.2 Å². The number of carbonyl (C=O) groups is 4. The number of alkyl carbamates (subject to hydrolysis) is 1. The Morgan fingerprint density at radius 1 is 1.12 bits per heavy atom. The number of nitrogens with zero attached hydrogens (tertiary/aromatic N) is 1. The summed E-state index contributed by atoms with van der Waals surface area (Å²) in [4.78, 5) is 51.5. The fourth-order valence-electron chi connectivity index (χ4n) is 2.94. The van der Waals surface area contributed by atoms with Crippen molar-refractivity contribution in [3.05, 3.63) is 35.4 Å². The summed E-state index contributed by atoms with van der Waals surface area (Å²) >= 11 is 1.53. The van der Waals surface area contributed by atoms with Gasteiger partial charge in [0.05, 0.1) is 7.11 Å². The van der Waals surface area contributed by atoms with Crippen molar-refractivity contribution < 1.29 is 28.7 Å². The lowest BCUT2D eigenvalue weighted by molar-refractivity contribution is -0.143. The second-order valence-electron chi connectivity index (χ2n) is 8.54. The van der Waals surface area contributed by atoms with Crippen molar-refractivity contribution in [1.29, 1.82) is 0 Å². The van der Waals surface area contributed by atoms with Gasteiger partial charge >= 0.3 is 12.1 Å². The number of amides is 3. The predicted molar refractivity (Wildman–Crippen MR) is 128 cm³/mol. The number of nitrogens with one attached hydrogen (secondary N) is 2. The Morgan fingerprint density at radius 2 is 1.73 bits per heavy atom. The van der Waals surface area contributed by atoms with Crippen LogP contribution in [0.5, 0.6) is 0 Å². The number of rotatable bonds is 10. The molecular formula is C23H35N3O6S. The van der Waals surface area contributed by atoms with E-state index in [0.717, 1.165) is 5.56 Å². The molecule has 0 fully saturated rings. The van der Waals surface area contributed by atoms with Crippen LogP contribution in [0.1, 0.15) is 44.4 Å². The summed E-state index contributed by atoms with van der Waals surface area (Å²) in [6.07, 6.45) is 1.54. The van der Waals surface area contributed by atoms with Crippen LogP contribution in [-0.4, -0.2) is 73.1 Å². The SMILES string of the molecule is COC(=O)CNC(=O)C(c1ccc(C)cc1)N(C)C(=O)C(CCSC)NC(=O)OC(C)(C)C. The summed E-state index contributed by atoms with van der Waals surface area (Å²) in [5.74, 6) is -0.983. The highest BCUT2D eigenvalue weighted by molar-refractivity contribution is 7.98. The number of esters is 1. The molecule has 10 heteroatoms. The first-order chi connectivity index (χ1) is 15.4. The van der Waals surface area contributed by atoms with Crippen molar-refractivity contribution in [3.63, 3.8) is 0 Å². The van der Waals surface area contributed by atoms with E-state index in [-0.39, 0.29) is 6.54 Å². The summed E-state index contributed by atoms with van der Waals surface area (Å²) in [5, 5.41) is 5.14. The van der Waals surface area contributed by atoms with Crippen molar-refractivity contribution in [1.82, 2.24) is 15.5 Å². The minimum atomic E-state index is -1.01. The molecule has 1 rings (SSSR count). The van der Waals surface area contributed by atoms with Crippen LogP contribution in [0.3, 0.4) is 0 Å². The number of aryl methyl sites for hydroxylation is 1. The molecule has 0 aliphatic heterocycles. The highest BCUT2D eigenvalue weighted by Crippen LogP contribution is 2.22. The van der Waals surface area contributed by atoms with Crippen LogP contribution < -0.4 is 10.6 Å². The summed E-state index contributed by atoms with van der Waals surface area (Å²) in [5.41, 5.74) is 0.840. The van der Waals surface area contributed by atoms with E-state index in [1.54, 1.807) is 32.9 Å². The lowest BCUT2D eigenvalue weighted by atomic mass is 10.0. The second-order valence-corrected chi connectivity index (χ2v) is 9.52. The second kappa shape index (κ2) is 13.1. The number of hydrogen-bond donors (Lipinski definition) is 2. The molecule has 9 nitrogen and oxygen atoms in total. The van der Waals surface area contributed by atoms with E-state index in [4.69, 9.17) is 4.74 Å². The van der Waals surface area contributed by atoms with Crippen LogP contribution in [0.4, 0.5) is 4.79 Å². The first-order valence-corrected chi connectivity index (χ1v) is 11.9. The van der Waals surface area contributed by atoms with Gasteiger partial charge in [-0.25, -0.2) is 4.79 Å². The molecule has 0 bridgehead atoms. The Bertz CT molecular complexity index is 822. The predicted octanol–water partition coefficient (Wildman–Crippen LogP) is 2.43. The highest BCUT2D eigenvalue weighted by atomic mass is 32.2. The van der Waals surface area contributed by atoms with Gasteiger partial charge in [-0.3, -0.25) is 14.4 Å². The number of likely N-dealkylation sites (N-methyl/N-ethyl adjacent to an activating group) is 1. The van der Waals surface area contributed by atoms with Crippen molar-refractivity contribution in [2.45, 2.75) is 51.8 Å². The van der Waals surface area contributed by atoms with Crippen LogP contribution in [0.2, 0.25) is 0 Å². The molecular weight excluding hydrogens is 446 g/mol. The van der Waals surface area contributed by atoms with Gasteiger partial charge in [-0.2, -0.15) is 11.8 Å². The van der Waals surface area contributed by atoms with E-state index >= 15 is 0 Å².